The zero-order valence-corrected chi connectivity index (χ0v) is 10.6. The maximum absolute atomic E-state index is 8.62. The predicted molar refractivity (Wildman–Crippen MR) is 66.8 cm³/mol. The van der Waals surface area contributed by atoms with E-state index in [0.29, 0.717) is 25.2 Å². The van der Waals surface area contributed by atoms with E-state index in [4.69, 9.17) is 15.9 Å². The van der Waals surface area contributed by atoms with Gasteiger partial charge in [-0.05, 0) is 25.7 Å². The summed E-state index contributed by atoms with van der Waals surface area (Å²) in [5.41, 5.74) is 5.22. The molecule has 1 heterocycles. The van der Waals surface area contributed by atoms with Crippen molar-refractivity contribution in [3.8, 4) is 0 Å². The number of nitrogens with zero attached hydrogens (tertiary/aromatic N) is 1. The van der Waals surface area contributed by atoms with Crippen LogP contribution in [-0.2, 0) is 4.74 Å². The highest BCUT2D eigenvalue weighted by molar-refractivity contribution is 4.83. The van der Waals surface area contributed by atoms with E-state index >= 15 is 0 Å². The van der Waals surface area contributed by atoms with Crippen molar-refractivity contribution in [1.82, 2.24) is 4.90 Å². The van der Waals surface area contributed by atoms with Crippen LogP contribution in [0.3, 0.4) is 0 Å². The van der Waals surface area contributed by atoms with Gasteiger partial charge >= 0.3 is 0 Å². The number of epoxide rings is 1. The number of hydrogen-bond donors (Lipinski definition) is 3. The van der Waals surface area contributed by atoms with Gasteiger partial charge in [-0.2, -0.15) is 0 Å². The maximum atomic E-state index is 8.62. The van der Waals surface area contributed by atoms with Crippen LogP contribution in [0.15, 0.2) is 0 Å². The molecule has 0 amide bonds. The molecular weight excluding hydrogens is 220 g/mol. The van der Waals surface area contributed by atoms with Crippen molar-refractivity contribution in [3.63, 3.8) is 0 Å². The van der Waals surface area contributed by atoms with Crippen molar-refractivity contribution in [2.45, 2.75) is 37.8 Å². The van der Waals surface area contributed by atoms with Gasteiger partial charge in [-0.1, -0.05) is 0 Å². The molecule has 0 atom stereocenters. The monoisotopic (exact) mass is 246 g/mol. The van der Waals surface area contributed by atoms with Crippen LogP contribution in [0.4, 0.5) is 0 Å². The van der Waals surface area contributed by atoms with E-state index in [9.17, 15) is 0 Å². The highest BCUT2D eigenvalue weighted by atomic mass is 16.6. The SMILES string of the molecule is C1CO1.NC1CC1.OCCN(CCO)C1CC1. The van der Waals surface area contributed by atoms with E-state index in [1.54, 1.807) is 0 Å². The first-order valence-electron chi connectivity index (χ1n) is 6.57. The lowest BCUT2D eigenvalue weighted by molar-refractivity contribution is 0.155. The summed E-state index contributed by atoms with van der Waals surface area (Å²) >= 11 is 0. The van der Waals surface area contributed by atoms with Crippen LogP contribution in [0, 0.1) is 0 Å². The van der Waals surface area contributed by atoms with Crippen LogP contribution < -0.4 is 5.73 Å². The Hall–Kier alpha value is -0.200. The standard InChI is InChI=1S/C7H15NO2.C3H7N.C2H4O/c9-5-3-8(4-6-10)7-1-2-7;4-3-1-2-3;1-2-3-1/h7,9-10H,1-6H2;3H,1-2,4H2;1-2H2. The molecule has 0 aromatic carbocycles. The first-order chi connectivity index (χ1) is 8.27. The summed E-state index contributed by atoms with van der Waals surface area (Å²) in [4.78, 5) is 2.14. The van der Waals surface area contributed by atoms with Crippen molar-refractivity contribution in [2.24, 2.45) is 5.73 Å². The minimum absolute atomic E-state index is 0.205. The lowest BCUT2D eigenvalue weighted by Gasteiger charge is -2.18. The zero-order chi connectivity index (χ0) is 12.5. The average molecular weight is 246 g/mol. The Bertz CT molecular complexity index is 174. The van der Waals surface area contributed by atoms with Crippen LogP contribution in [0.1, 0.15) is 25.7 Å². The molecule has 0 radical (unpaired) electrons. The van der Waals surface area contributed by atoms with Crippen LogP contribution in [0.25, 0.3) is 0 Å². The summed E-state index contributed by atoms with van der Waals surface area (Å²) in [6, 6.07) is 1.24. The Labute approximate surface area is 104 Å². The Morgan fingerprint density at radius 2 is 1.41 bits per heavy atom. The fraction of sp³-hybridized carbons (Fsp3) is 1.00. The maximum Gasteiger partial charge on any atom is 0.0701 e. The van der Waals surface area contributed by atoms with Crippen LogP contribution >= 0.6 is 0 Å². The van der Waals surface area contributed by atoms with Gasteiger partial charge in [0.2, 0.25) is 0 Å². The first-order valence-corrected chi connectivity index (χ1v) is 6.57. The van der Waals surface area contributed by atoms with Gasteiger partial charge in [0, 0.05) is 25.2 Å². The summed E-state index contributed by atoms with van der Waals surface area (Å²) in [6.45, 7) is 3.84. The minimum Gasteiger partial charge on any atom is -0.395 e. The molecule has 0 bridgehead atoms. The van der Waals surface area contributed by atoms with Gasteiger partial charge in [-0.25, -0.2) is 0 Å². The van der Waals surface area contributed by atoms with E-state index in [0.717, 1.165) is 13.2 Å². The fourth-order valence-electron chi connectivity index (χ4n) is 1.27. The molecule has 17 heavy (non-hydrogen) atoms. The molecule has 3 rings (SSSR count). The fourth-order valence-corrected chi connectivity index (χ4v) is 1.27. The predicted octanol–water partition coefficient (Wildman–Crippen LogP) is -0.440. The molecule has 4 N–H and O–H groups in total. The second-order valence-electron chi connectivity index (χ2n) is 4.66. The summed E-state index contributed by atoms with van der Waals surface area (Å²) in [5, 5.41) is 17.2. The second-order valence-corrected chi connectivity index (χ2v) is 4.66. The number of nitrogens with two attached hydrogens (primary N) is 1. The molecule has 102 valence electrons. The summed E-state index contributed by atoms with van der Waals surface area (Å²) in [5.74, 6) is 0. The van der Waals surface area contributed by atoms with Gasteiger partial charge in [0.1, 0.15) is 0 Å². The third kappa shape index (κ3) is 10.7. The van der Waals surface area contributed by atoms with Crippen LogP contribution in [0.5, 0.6) is 0 Å². The Morgan fingerprint density at radius 3 is 1.59 bits per heavy atom. The summed E-state index contributed by atoms with van der Waals surface area (Å²) < 4.78 is 4.50. The zero-order valence-electron chi connectivity index (χ0n) is 10.6. The van der Waals surface area contributed by atoms with Crippen molar-refractivity contribution in [3.05, 3.63) is 0 Å². The molecule has 2 saturated carbocycles. The molecular formula is C12H26N2O3. The molecule has 0 aromatic rings. The molecule has 5 heteroatoms. The largest absolute Gasteiger partial charge is 0.395 e. The van der Waals surface area contributed by atoms with Gasteiger partial charge < -0.3 is 20.7 Å². The van der Waals surface area contributed by atoms with Crippen molar-refractivity contribution < 1.29 is 14.9 Å². The Morgan fingerprint density at radius 1 is 1.00 bits per heavy atom. The van der Waals surface area contributed by atoms with E-state index in [1.807, 2.05) is 0 Å². The van der Waals surface area contributed by atoms with E-state index < -0.39 is 0 Å². The highest BCUT2D eigenvalue weighted by Crippen LogP contribution is 2.25. The molecule has 5 nitrogen and oxygen atoms in total. The molecule has 0 unspecified atom stereocenters. The first kappa shape index (κ1) is 14.9. The lowest BCUT2D eigenvalue weighted by atomic mass is 10.4. The van der Waals surface area contributed by atoms with Gasteiger partial charge in [0.05, 0.1) is 26.4 Å². The summed E-state index contributed by atoms with van der Waals surface area (Å²) in [7, 11) is 0. The molecule has 0 aromatic heterocycles. The number of aliphatic hydroxyl groups excluding tert-OH is 2. The Balaban J connectivity index is 0.000000166. The lowest BCUT2D eigenvalue weighted by Crippen LogP contribution is -2.31. The smallest absolute Gasteiger partial charge is 0.0701 e. The number of rotatable bonds is 5. The topological polar surface area (TPSA) is 82.2 Å². The second kappa shape index (κ2) is 8.83. The highest BCUT2D eigenvalue weighted by Gasteiger charge is 2.27. The quantitative estimate of drug-likeness (QED) is 0.573. The average Bonchev–Trinajstić information content (AvgIpc) is 3.19. The van der Waals surface area contributed by atoms with Crippen LogP contribution in [0.2, 0.25) is 0 Å². The molecule has 2 aliphatic carbocycles. The molecule has 3 fully saturated rings. The molecule has 0 spiro atoms. The van der Waals surface area contributed by atoms with Crippen molar-refractivity contribution in [2.75, 3.05) is 39.5 Å². The third-order valence-corrected chi connectivity index (χ3v) is 2.66. The molecule has 3 aliphatic rings. The van der Waals surface area contributed by atoms with Gasteiger partial charge in [-0.3, -0.25) is 4.90 Å². The van der Waals surface area contributed by atoms with E-state index in [-0.39, 0.29) is 13.2 Å². The number of ether oxygens (including phenoxy) is 1. The van der Waals surface area contributed by atoms with Gasteiger partial charge in [-0.15, -0.1) is 0 Å². The van der Waals surface area contributed by atoms with Crippen LogP contribution in [-0.4, -0.2) is 66.7 Å². The molecule has 1 aliphatic heterocycles. The normalized spacial score (nSPS) is 21.2. The number of hydrogen-bond acceptors (Lipinski definition) is 5. The van der Waals surface area contributed by atoms with Crippen molar-refractivity contribution >= 4 is 0 Å². The third-order valence-electron chi connectivity index (χ3n) is 2.66. The van der Waals surface area contributed by atoms with Crippen molar-refractivity contribution in [1.29, 1.82) is 0 Å². The Kier molecular flexibility index (Phi) is 7.72. The van der Waals surface area contributed by atoms with Gasteiger partial charge in [0.15, 0.2) is 0 Å². The van der Waals surface area contributed by atoms with Gasteiger partial charge in [0.25, 0.3) is 0 Å². The minimum atomic E-state index is 0.205. The molecule has 1 saturated heterocycles. The summed E-state index contributed by atoms with van der Waals surface area (Å²) in [6.07, 6.45) is 5.00. The number of aliphatic hydroxyl groups is 2. The van der Waals surface area contributed by atoms with E-state index in [1.165, 1.54) is 25.7 Å². The van der Waals surface area contributed by atoms with E-state index in [2.05, 4.69) is 9.64 Å².